The van der Waals surface area contributed by atoms with E-state index < -0.39 is 5.97 Å². The number of hydrogen-bond donors (Lipinski definition) is 0. The number of aromatic nitrogens is 6. The fraction of sp³-hybridized carbons (Fsp3) is 0.381. The van der Waals surface area contributed by atoms with Crippen LogP contribution in [-0.2, 0) is 4.74 Å². The van der Waals surface area contributed by atoms with E-state index in [0.29, 0.717) is 23.3 Å². The first-order valence-corrected chi connectivity index (χ1v) is 10.3. The lowest BCUT2D eigenvalue weighted by Gasteiger charge is -2.22. The molecule has 10 nitrogen and oxygen atoms in total. The Bertz CT molecular complexity index is 1240. The fourth-order valence-corrected chi connectivity index (χ4v) is 3.53. The van der Waals surface area contributed by atoms with E-state index in [-0.39, 0.29) is 29.5 Å². The quantitative estimate of drug-likeness (QED) is 0.452. The lowest BCUT2D eigenvalue weighted by Crippen LogP contribution is -2.18. The fourth-order valence-electron chi connectivity index (χ4n) is 3.53. The molecule has 4 aromatic rings. The number of pyridine rings is 1. The van der Waals surface area contributed by atoms with Gasteiger partial charge in [0.25, 0.3) is 0 Å². The molecule has 1 aliphatic heterocycles. The molecule has 1 unspecified atom stereocenters. The molecule has 1 saturated heterocycles. The molecule has 0 N–H and O–H groups in total. The average Bonchev–Trinajstić information content (AvgIpc) is 3.37. The summed E-state index contributed by atoms with van der Waals surface area (Å²) in [6.45, 7) is 4.44. The summed E-state index contributed by atoms with van der Waals surface area (Å²) in [4.78, 5) is 21.8. The van der Waals surface area contributed by atoms with E-state index in [1.54, 1.807) is 29.2 Å². The maximum atomic E-state index is 13.1. The largest absolute Gasteiger partial charge is 0.474 e. The highest BCUT2D eigenvalue weighted by molar-refractivity contribution is 5.97. The summed E-state index contributed by atoms with van der Waals surface area (Å²) >= 11 is 0. The number of fused-ring (bicyclic) bond motifs is 2. The highest BCUT2D eigenvalue weighted by Crippen LogP contribution is 2.28. The highest BCUT2D eigenvalue weighted by atomic mass is 16.5. The van der Waals surface area contributed by atoms with Crippen molar-refractivity contribution in [1.82, 2.24) is 29.4 Å². The van der Waals surface area contributed by atoms with E-state index in [1.807, 2.05) is 20.0 Å². The first-order valence-electron chi connectivity index (χ1n) is 10.3. The molecule has 0 aliphatic carbocycles. The molecule has 0 aromatic carbocycles. The molecule has 0 radical (unpaired) electrons. The molecule has 5 heterocycles. The molecule has 0 amide bonds. The number of carbonyl (C=O) groups excluding carboxylic acids is 1. The van der Waals surface area contributed by atoms with Crippen LogP contribution in [-0.4, -0.2) is 48.0 Å². The van der Waals surface area contributed by atoms with Crippen LogP contribution in [0.15, 0.2) is 36.9 Å². The van der Waals surface area contributed by atoms with Gasteiger partial charge in [0.05, 0.1) is 12.3 Å². The van der Waals surface area contributed by atoms with E-state index in [2.05, 4.69) is 20.2 Å². The summed E-state index contributed by atoms with van der Waals surface area (Å²) in [7, 11) is 0. The smallest absolute Gasteiger partial charge is 0.349 e. The Labute approximate surface area is 177 Å². The number of nitrogens with zero attached hydrogens (tertiary/aromatic N) is 6. The molecule has 0 spiro atoms. The number of hydrogen-bond acceptors (Lipinski definition) is 8. The van der Waals surface area contributed by atoms with E-state index >= 15 is 0 Å². The third-order valence-electron chi connectivity index (χ3n) is 4.94. The second-order valence-electron chi connectivity index (χ2n) is 7.64. The average molecular weight is 422 g/mol. The Balaban J connectivity index is 1.51. The van der Waals surface area contributed by atoms with Gasteiger partial charge in [-0.15, -0.1) is 5.10 Å². The molecule has 0 saturated carbocycles. The summed E-state index contributed by atoms with van der Waals surface area (Å²) in [5, 5.41) is 9.39. The van der Waals surface area contributed by atoms with Gasteiger partial charge in [0.15, 0.2) is 17.0 Å². The van der Waals surface area contributed by atoms with Crippen molar-refractivity contribution in [3.8, 4) is 11.6 Å². The molecule has 160 valence electrons. The topological polar surface area (TPSA) is 106 Å². The third-order valence-corrected chi connectivity index (χ3v) is 4.94. The zero-order valence-electron chi connectivity index (χ0n) is 17.3. The maximum absolute atomic E-state index is 13.1. The summed E-state index contributed by atoms with van der Waals surface area (Å²) in [6, 6.07) is 3.43. The Kier molecular flexibility index (Phi) is 4.99. The van der Waals surface area contributed by atoms with Crippen LogP contribution in [0.1, 0.15) is 49.7 Å². The summed E-state index contributed by atoms with van der Waals surface area (Å²) in [5.74, 6) is -0.175. The van der Waals surface area contributed by atoms with E-state index in [1.165, 1.54) is 10.7 Å². The molecule has 1 aliphatic rings. The number of esters is 1. The Morgan fingerprint density at radius 1 is 1.32 bits per heavy atom. The van der Waals surface area contributed by atoms with Crippen LogP contribution in [0.25, 0.3) is 16.7 Å². The summed E-state index contributed by atoms with van der Waals surface area (Å²) in [6.07, 6.45) is 9.34. The molecule has 1 fully saturated rings. The molecule has 31 heavy (non-hydrogen) atoms. The molecule has 10 heteroatoms. The number of ether oxygens (including phenoxy) is 3. The first-order chi connectivity index (χ1) is 15.1. The highest BCUT2D eigenvalue weighted by Gasteiger charge is 2.23. The Morgan fingerprint density at radius 2 is 2.23 bits per heavy atom. The SMILES string of the molecule is CC(C)Oc1nc2nn(C3CCCCO3)cc2cc1C(=O)Oc1cnn2cccnc12. The number of carbonyl (C=O) groups is 1. The lowest BCUT2D eigenvalue weighted by molar-refractivity contribution is -0.0391. The predicted molar refractivity (Wildman–Crippen MR) is 110 cm³/mol. The molecule has 1 atom stereocenters. The van der Waals surface area contributed by atoms with Crippen molar-refractivity contribution in [1.29, 1.82) is 0 Å². The van der Waals surface area contributed by atoms with Crippen LogP contribution in [0.5, 0.6) is 11.6 Å². The summed E-state index contributed by atoms with van der Waals surface area (Å²) < 4.78 is 20.5. The van der Waals surface area contributed by atoms with Gasteiger partial charge in [-0.3, -0.25) is 0 Å². The number of rotatable bonds is 5. The van der Waals surface area contributed by atoms with Crippen LogP contribution in [0, 0.1) is 0 Å². The molecule has 4 aromatic heterocycles. The van der Waals surface area contributed by atoms with Crippen molar-refractivity contribution in [2.24, 2.45) is 0 Å². The van der Waals surface area contributed by atoms with Crippen molar-refractivity contribution < 1.29 is 19.0 Å². The van der Waals surface area contributed by atoms with Gasteiger partial charge in [0, 0.05) is 30.6 Å². The monoisotopic (exact) mass is 422 g/mol. The van der Waals surface area contributed by atoms with E-state index in [4.69, 9.17) is 14.2 Å². The zero-order chi connectivity index (χ0) is 21.4. The molecular formula is C21H22N6O4. The van der Waals surface area contributed by atoms with Gasteiger partial charge in [-0.2, -0.15) is 10.1 Å². The van der Waals surface area contributed by atoms with Gasteiger partial charge in [0.2, 0.25) is 5.88 Å². The van der Waals surface area contributed by atoms with Gasteiger partial charge in [-0.25, -0.2) is 19.0 Å². The van der Waals surface area contributed by atoms with Gasteiger partial charge < -0.3 is 14.2 Å². The van der Waals surface area contributed by atoms with Crippen molar-refractivity contribution in [3.63, 3.8) is 0 Å². The first kappa shape index (κ1) is 19.4. The van der Waals surface area contributed by atoms with Gasteiger partial charge in [0.1, 0.15) is 11.8 Å². The predicted octanol–water partition coefficient (Wildman–Crippen LogP) is 3.18. The van der Waals surface area contributed by atoms with Crippen molar-refractivity contribution in [2.75, 3.05) is 6.61 Å². The van der Waals surface area contributed by atoms with E-state index in [0.717, 1.165) is 19.3 Å². The Hall–Kier alpha value is -3.53. The van der Waals surface area contributed by atoms with Crippen molar-refractivity contribution in [3.05, 3.63) is 42.5 Å². The third kappa shape index (κ3) is 3.81. The zero-order valence-corrected chi connectivity index (χ0v) is 17.3. The van der Waals surface area contributed by atoms with Gasteiger partial charge in [-0.05, 0) is 45.2 Å². The standard InChI is InChI=1S/C21H22N6O4/c1-13(2)30-20-15(21(28)31-16-11-23-26-8-5-7-22-19(16)26)10-14-12-27(25-18(14)24-20)17-6-3-4-9-29-17/h5,7-8,10-13,17H,3-4,6,9H2,1-2H3. The van der Waals surface area contributed by atoms with Crippen LogP contribution < -0.4 is 9.47 Å². The van der Waals surface area contributed by atoms with Crippen LogP contribution >= 0.6 is 0 Å². The lowest BCUT2D eigenvalue weighted by atomic mass is 10.2. The van der Waals surface area contributed by atoms with Gasteiger partial charge in [-0.1, -0.05) is 0 Å². The molecule has 5 rings (SSSR count). The van der Waals surface area contributed by atoms with E-state index in [9.17, 15) is 4.79 Å². The second kappa shape index (κ2) is 7.95. The van der Waals surface area contributed by atoms with Crippen LogP contribution in [0.2, 0.25) is 0 Å². The van der Waals surface area contributed by atoms with Crippen LogP contribution in [0.3, 0.4) is 0 Å². The molecule has 0 bridgehead atoms. The molecular weight excluding hydrogens is 400 g/mol. The second-order valence-corrected chi connectivity index (χ2v) is 7.64. The normalized spacial score (nSPS) is 16.8. The van der Waals surface area contributed by atoms with Crippen molar-refractivity contribution >= 4 is 22.6 Å². The summed E-state index contributed by atoms with van der Waals surface area (Å²) in [5.41, 5.74) is 1.14. The minimum absolute atomic E-state index is 0.127. The minimum atomic E-state index is -0.604. The van der Waals surface area contributed by atoms with Crippen LogP contribution in [0.4, 0.5) is 0 Å². The minimum Gasteiger partial charge on any atom is -0.474 e. The van der Waals surface area contributed by atoms with Gasteiger partial charge >= 0.3 is 5.97 Å². The Morgan fingerprint density at radius 3 is 3.03 bits per heavy atom. The maximum Gasteiger partial charge on any atom is 0.349 e. The van der Waals surface area contributed by atoms with Crippen molar-refractivity contribution in [2.45, 2.75) is 45.4 Å².